The smallest absolute Gasteiger partial charge is 0.261 e. The van der Waals surface area contributed by atoms with Gasteiger partial charge >= 0.3 is 0 Å². The zero-order valence-corrected chi connectivity index (χ0v) is 17.6. The Kier molecular flexibility index (Phi) is 3.72. The van der Waals surface area contributed by atoms with Crippen LogP contribution >= 0.6 is 23.5 Å². The highest BCUT2D eigenvalue weighted by Gasteiger charge is 2.78. The maximum atomic E-state index is 14.1. The lowest BCUT2D eigenvalue weighted by Gasteiger charge is -2.59. The molecule has 2 aliphatic carbocycles. The molecule has 6 rings (SSSR count). The van der Waals surface area contributed by atoms with E-state index in [4.69, 9.17) is 0 Å². The second kappa shape index (κ2) is 5.70. The Bertz CT molecular complexity index is 838. The molecule has 2 saturated carbocycles. The Morgan fingerprint density at radius 3 is 2.52 bits per heavy atom. The molecular formula is C19H24N2O6S2. The van der Waals surface area contributed by atoms with Crippen LogP contribution in [0.2, 0.25) is 0 Å². The van der Waals surface area contributed by atoms with Crippen LogP contribution in [0.5, 0.6) is 0 Å². The Morgan fingerprint density at radius 1 is 1.03 bits per heavy atom. The van der Waals surface area contributed by atoms with E-state index in [0.29, 0.717) is 19.3 Å². The lowest BCUT2D eigenvalue weighted by molar-refractivity contribution is -0.172. The number of aliphatic hydroxyl groups excluding tert-OH is 3. The van der Waals surface area contributed by atoms with Gasteiger partial charge in [-0.1, -0.05) is 0 Å². The summed E-state index contributed by atoms with van der Waals surface area (Å²) in [5, 5.41) is 31.9. The number of hydrogen-bond acceptors (Lipinski definition) is 8. The SMILES string of the molecule is CS[C@@]12C[C@H]3C(=O)CC[C@H](O)[C@H]3N1C(=O)[C@@]13C[C@@H]4[C@@H]([C@@H](O)[C@@H](C[C@@H]4O)S1)N3C2=O. The molecule has 4 aliphatic heterocycles. The molecule has 6 fully saturated rings. The van der Waals surface area contributed by atoms with Gasteiger partial charge in [-0.25, -0.2) is 0 Å². The molecule has 10 heteroatoms. The predicted molar refractivity (Wildman–Crippen MR) is 105 cm³/mol. The molecule has 0 aromatic heterocycles. The number of carbonyl (C=O) groups excluding carboxylic acids is 3. The van der Waals surface area contributed by atoms with E-state index in [1.807, 2.05) is 0 Å². The van der Waals surface area contributed by atoms with Gasteiger partial charge in [0.2, 0.25) is 0 Å². The number of nitrogens with zero attached hydrogens (tertiary/aromatic N) is 2. The van der Waals surface area contributed by atoms with Crippen LogP contribution < -0.4 is 0 Å². The van der Waals surface area contributed by atoms with Crippen LogP contribution in [0, 0.1) is 11.8 Å². The zero-order valence-electron chi connectivity index (χ0n) is 15.9. The number of fused-ring (bicyclic) bond motifs is 4. The molecule has 3 bridgehead atoms. The second-order valence-electron chi connectivity index (χ2n) is 9.31. The Hall–Kier alpha value is -0.810. The molecule has 0 unspecified atom stereocenters. The second-order valence-corrected chi connectivity index (χ2v) is 11.9. The molecular weight excluding hydrogens is 416 g/mol. The molecule has 4 saturated heterocycles. The monoisotopic (exact) mass is 440 g/mol. The van der Waals surface area contributed by atoms with E-state index in [1.54, 1.807) is 16.1 Å². The lowest BCUT2D eigenvalue weighted by Crippen LogP contribution is -2.77. The first kappa shape index (κ1) is 18.9. The summed E-state index contributed by atoms with van der Waals surface area (Å²) < 4.78 is 0. The zero-order chi connectivity index (χ0) is 20.5. The van der Waals surface area contributed by atoms with Crippen LogP contribution in [0.1, 0.15) is 32.1 Å². The van der Waals surface area contributed by atoms with Gasteiger partial charge in [-0.15, -0.1) is 23.5 Å². The van der Waals surface area contributed by atoms with Crippen molar-refractivity contribution in [2.75, 3.05) is 6.26 Å². The van der Waals surface area contributed by atoms with E-state index in [9.17, 15) is 29.7 Å². The third-order valence-corrected chi connectivity index (χ3v) is 11.1. The van der Waals surface area contributed by atoms with E-state index in [1.165, 1.54) is 23.5 Å². The summed E-state index contributed by atoms with van der Waals surface area (Å²) >= 11 is 2.55. The van der Waals surface area contributed by atoms with Crippen molar-refractivity contribution in [2.24, 2.45) is 11.8 Å². The van der Waals surface area contributed by atoms with Crippen LogP contribution in [-0.2, 0) is 14.4 Å². The maximum Gasteiger partial charge on any atom is 0.261 e. The van der Waals surface area contributed by atoms with Gasteiger partial charge in [0.1, 0.15) is 5.78 Å². The number of hydrogen-bond donors (Lipinski definition) is 3. The fraction of sp³-hybridized carbons (Fsp3) is 0.842. The summed E-state index contributed by atoms with van der Waals surface area (Å²) in [7, 11) is 0. The third kappa shape index (κ3) is 1.94. The minimum Gasteiger partial charge on any atom is -0.393 e. The molecule has 6 aliphatic rings. The Labute approximate surface area is 176 Å². The summed E-state index contributed by atoms with van der Waals surface area (Å²) in [6.07, 6.45) is 1.00. The van der Waals surface area contributed by atoms with Crippen molar-refractivity contribution in [2.45, 2.75) is 77.5 Å². The molecule has 4 heterocycles. The number of thioether (sulfide) groups is 2. The van der Waals surface area contributed by atoms with E-state index in [-0.39, 0.29) is 41.6 Å². The fourth-order valence-corrected chi connectivity index (χ4v) is 9.91. The molecule has 3 N–H and O–H groups in total. The largest absolute Gasteiger partial charge is 0.393 e. The maximum absolute atomic E-state index is 14.1. The van der Waals surface area contributed by atoms with Crippen LogP contribution in [0.4, 0.5) is 0 Å². The van der Waals surface area contributed by atoms with Crippen molar-refractivity contribution >= 4 is 41.1 Å². The number of aliphatic hydroxyl groups is 3. The van der Waals surface area contributed by atoms with Crippen molar-refractivity contribution in [1.82, 2.24) is 9.80 Å². The molecule has 2 amide bonds. The highest BCUT2D eigenvalue weighted by atomic mass is 32.2. The van der Waals surface area contributed by atoms with Crippen LogP contribution in [-0.4, -0.2) is 94.4 Å². The number of amides is 2. The first-order chi connectivity index (χ1) is 13.8. The van der Waals surface area contributed by atoms with Gasteiger partial charge in [0.25, 0.3) is 11.8 Å². The number of piperazine rings is 1. The summed E-state index contributed by atoms with van der Waals surface area (Å²) in [4.78, 5) is 41.5. The van der Waals surface area contributed by atoms with Crippen LogP contribution in [0.25, 0.3) is 0 Å². The number of rotatable bonds is 1. The summed E-state index contributed by atoms with van der Waals surface area (Å²) in [6, 6.07) is -1.25. The van der Waals surface area contributed by atoms with E-state index in [0.717, 1.165) is 0 Å². The molecule has 0 spiro atoms. The molecule has 10 atom stereocenters. The molecule has 0 aromatic rings. The van der Waals surface area contributed by atoms with Gasteiger partial charge < -0.3 is 25.1 Å². The van der Waals surface area contributed by atoms with E-state index in [2.05, 4.69) is 0 Å². The van der Waals surface area contributed by atoms with Gasteiger partial charge in [-0.05, 0) is 25.5 Å². The van der Waals surface area contributed by atoms with E-state index >= 15 is 0 Å². The van der Waals surface area contributed by atoms with Crippen molar-refractivity contribution < 1.29 is 29.7 Å². The van der Waals surface area contributed by atoms with Gasteiger partial charge in [-0.3, -0.25) is 14.4 Å². The topological polar surface area (TPSA) is 118 Å². The number of Topliss-reactive ketones (excluding diaryl/α,β-unsaturated/α-hetero) is 1. The van der Waals surface area contributed by atoms with Gasteiger partial charge in [0.05, 0.1) is 30.4 Å². The standard InChI is InChI=1S/C19H24N2O6S2/c1-28-18-5-7-9(22)2-3-10(23)13(7)20(18)17(27)19-6-8-11(24)4-12(29-19)15(25)14(8)21(19)16(18)26/h7-8,10-15,23-25H,2-6H2,1H3/t7-,8-,10-,11-,12+,13-,14-,15-,18+,19+/m0/s1. The quantitative estimate of drug-likeness (QED) is 0.483. The van der Waals surface area contributed by atoms with Crippen molar-refractivity contribution in [3.63, 3.8) is 0 Å². The summed E-state index contributed by atoms with van der Waals surface area (Å²) in [6.45, 7) is 0. The fourth-order valence-electron chi connectivity index (χ4n) is 6.99. The summed E-state index contributed by atoms with van der Waals surface area (Å²) in [5.74, 6) is -1.36. The van der Waals surface area contributed by atoms with Gasteiger partial charge in [0, 0.05) is 29.9 Å². The third-order valence-electron chi connectivity index (χ3n) is 8.22. The number of ketones is 1. The lowest BCUT2D eigenvalue weighted by atomic mass is 9.80. The minimum atomic E-state index is -1.23. The van der Waals surface area contributed by atoms with Crippen molar-refractivity contribution in [3.05, 3.63) is 0 Å². The average Bonchev–Trinajstić information content (AvgIpc) is 3.15. The Morgan fingerprint density at radius 2 is 1.79 bits per heavy atom. The molecule has 0 aromatic carbocycles. The van der Waals surface area contributed by atoms with Crippen molar-refractivity contribution in [1.29, 1.82) is 0 Å². The van der Waals surface area contributed by atoms with Crippen LogP contribution in [0.3, 0.4) is 0 Å². The van der Waals surface area contributed by atoms with Crippen LogP contribution in [0.15, 0.2) is 0 Å². The van der Waals surface area contributed by atoms with E-state index < -0.39 is 46.1 Å². The molecule has 158 valence electrons. The van der Waals surface area contributed by atoms with Gasteiger partial charge in [-0.2, -0.15) is 0 Å². The first-order valence-corrected chi connectivity index (χ1v) is 12.3. The number of carbonyl (C=O) groups is 3. The highest BCUT2D eigenvalue weighted by Crippen LogP contribution is 2.65. The molecule has 8 nitrogen and oxygen atoms in total. The minimum absolute atomic E-state index is 0.00698. The highest BCUT2D eigenvalue weighted by molar-refractivity contribution is 8.02. The summed E-state index contributed by atoms with van der Waals surface area (Å²) in [5.41, 5.74) is 0. The average molecular weight is 441 g/mol. The van der Waals surface area contributed by atoms with Gasteiger partial charge in [0.15, 0.2) is 9.74 Å². The molecule has 0 radical (unpaired) electrons. The predicted octanol–water partition coefficient (Wildman–Crippen LogP) is -0.845. The van der Waals surface area contributed by atoms with Crippen molar-refractivity contribution in [3.8, 4) is 0 Å². The molecule has 29 heavy (non-hydrogen) atoms. The Balaban J connectivity index is 1.53. The normalized spacial score (nSPS) is 55.2. The first-order valence-electron chi connectivity index (χ1n) is 10.2.